The summed E-state index contributed by atoms with van der Waals surface area (Å²) < 4.78 is 0. The van der Waals surface area contributed by atoms with E-state index in [4.69, 9.17) is 0 Å². The highest BCUT2D eigenvalue weighted by Gasteiger charge is 2.22. The molecule has 0 aliphatic carbocycles. The van der Waals surface area contributed by atoms with Crippen LogP contribution in [0.15, 0.2) is 30.3 Å². The number of nitrogens with zero attached hydrogens (tertiary/aromatic N) is 2. The number of thiazole rings is 1. The maximum Gasteiger partial charge on any atom is 0.263 e. The van der Waals surface area contributed by atoms with E-state index in [0.717, 1.165) is 53.6 Å². The number of aromatic nitrogens is 1. The number of aryl methyl sites for hydroxylation is 1. The predicted molar refractivity (Wildman–Crippen MR) is 94.9 cm³/mol. The number of nitrogens with one attached hydrogen (secondary N) is 1. The van der Waals surface area contributed by atoms with Gasteiger partial charge in [0.05, 0.1) is 5.69 Å². The highest BCUT2D eigenvalue weighted by molar-refractivity contribution is 7.17. The Bertz CT molecular complexity index is 660. The van der Waals surface area contributed by atoms with Crippen LogP contribution in [-0.2, 0) is 0 Å². The SMILES string of the molecule is CCN1CCC(NC(=O)c2sc(-c3ccccc3)nc2C)CC1. The maximum absolute atomic E-state index is 12.6. The molecule has 0 spiro atoms. The van der Waals surface area contributed by atoms with E-state index in [0.29, 0.717) is 0 Å². The molecule has 1 N–H and O–H groups in total. The Hall–Kier alpha value is -1.72. The van der Waals surface area contributed by atoms with Crippen molar-refractivity contribution in [2.45, 2.75) is 32.7 Å². The fraction of sp³-hybridized carbons (Fsp3) is 0.444. The van der Waals surface area contributed by atoms with Gasteiger partial charge in [0, 0.05) is 24.7 Å². The Balaban J connectivity index is 1.67. The zero-order chi connectivity index (χ0) is 16.2. The zero-order valence-corrected chi connectivity index (χ0v) is 14.5. The van der Waals surface area contributed by atoms with E-state index in [-0.39, 0.29) is 11.9 Å². The fourth-order valence-electron chi connectivity index (χ4n) is 2.96. The Labute approximate surface area is 141 Å². The molecule has 1 aromatic heterocycles. The van der Waals surface area contributed by atoms with Crippen LogP contribution < -0.4 is 5.32 Å². The third-order valence-corrected chi connectivity index (χ3v) is 5.60. The molecule has 0 saturated carbocycles. The van der Waals surface area contributed by atoms with E-state index in [1.54, 1.807) is 0 Å². The molecule has 3 rings (SSSR count). The molecule has 4 nitrogen and oxygen atoms in total. The summed E-state index contributed by atoms with van der Waals surface area (Å²) in [5.74, 6) is 0.0251. The van der Waals surface area contributed by atoms with Crippen LogP contribution in [0.1, 0.15) is 35.1 Å². The van der Waals surface area contributed by atoms with Gasteiger partial charge < -0.3 is 10.2 Å². The molecule has 0 unspecified atom stereocenters. The summed E-state index contributed by atoms with van der Waals surface area (Å²) in [6, 6.07) is 10.3. The minimum atomic E-state index is 0.0251. The lowest BCUT2D eigenvalue weighted by atomic mass is 10.1. The molecule has 5 heteroatoms. The number of carbonyl (C=O) groups excluding carboxylic acids is 1. The summed E-state index contributed by atoms with van der Waals surface area (Å²) in [4.78, 5) is 20.3. The number of carbonyl (C=O) groups is 1. The van der Waals surface area contributed by atoms with Gasteiger partial charge in [-0.05, 0) is 26.3 Å². The highest BCUT2D eigenvalue weighted by Crippen LogP contribution is 2.27. The van der Waals surface area contributed by atoms with Crippen LogP contribution in [0.5, 0.6) is 0 Å². The van der Waals surface area contributed by atoms with Crippen LogP contribution in [0.4, 0.5) is 0 Å². The summed E-state index contributed by atoms with van der Waals surface area (Å²) in [6.45, 7) is 7.33. The first kappa shape index (κ1) is 16.1. The van der Waals surface area contributed by atoms with Gasteiger partial charge in [-0.15, -0.1) is 11.3 Å². The van der Waals surface area contributed by atoms with E-state index in [1.165, 1.54) is 11.3 Å². The summed E-state index contributed by atoms with van der Waals surface area (Å²) >= 11 is 1.48. The predicted octanol–water partition coefficient (Wildman–Crippen LogP) is 3.33. The van der Waals surface area contributed by atoms with Crippen LogP contribution in [0.3, 0.4) is 0 Å². The number of amides is 1. The lowest BCUT2D eigenvalue weighted by molar-refractivity contribution is 0.0916. The molecule has 1 aliphatic heterocycles. The number of piperidine rings is 1. The van der Waals surface area contributed by atoms with E-state index in [1.807, 2.05) is 37.3 Å². The van der Waals surface area contributed by atoms with Crippen LogP contribution >= 0.6 is 11.3 Å². The van der Waals surface area contributed by atoms with Crippen LogP contribution in [-0.4, -0.2) is 41.5 Å². The Morgan fingerprint density at radius 1 is 1.30 bits per heavy atom. The molecule has 122 valence electrons. The number of benzene rings is 1. The van der Waals surface area contributed by atoms with Crippen molar-refractivity contribution in [3.63, 3.8) is 0 Å². The van der Waals surface area contributed by atoms with Crippen molar-refractivity contribution in [3.8, 4) is 10.6 Å². The average molecular weight is 329 g/mol. The van der Waals surface area contributed by atoms with Gasteiger partial charge in [0.2, 0.25) is 0 Å². The molecule has 0 atom stereocenters. The van der Waals surface area contributed by atoms with Gasteiger partial charge in [-0.3, -0.25) is 4.79 Å². The van der Waals surface area contributed by atoms with Crippen LogP contribution in [0.25, 0.3) is 10.6 Å². The molecule has 1 amide bonds. The van der Waals surface area contributed by atoms with E-state index < -0.39 is 0 Å². The monoisotopic (exact) mass is 329 g/mol. The van der Waals surface area contributed by atoms with Gasteiger partial charge in [-0.2, -0.15) is 0 Å². The lowest BCUT2D eigenvalue weighted by Crippen LogP contribution is -2.44. The van der Waals surface area contributed by atoms with Crippen LogP contribution in [0.2, 0.25) is 0 Å². The number of likely N-dealkylation sites (tertiary alicyclic amines) is 1. The lowest BCUT2D eigenvalue weighted by Gasteiger charge is -2.31. The quantitative estimate of drug-likeness (QED) is 0.936. The minimum Gasteiger partial charge on any atom is -0.348 e. The topological polar surface area (TPSA) is 45.2 Å². The Morgan fingerprint density at radius 3 is 2.65 bits per heavy atom. The number of hydrogen-bond donors (Lipinski definition) is 1. The number of hydrogen-bond acceptors (Lipinski definition) is 4. The molecule has 2 aromatic rings. The third kappa shape index (κ3) is 3.79. The van der Waals surface area contributed by atoms with Crippen LogP contribution in [0, 0.1) is 6.92 Å². The first-order valence-electron chi connectivity index (χ1n) is 8.23. The molecule has 1 aromatic carbocycles. The summed E-state index contributed by atoms with van der Waals surface area (Å²) in [6.07, 6.45) is 2.06. The second-order valence-electron chi connectivity index (χ2n) is 5.98. The van der Waals surface area contributed by atoms with Crippen molar-refractivity contribution in [2.24, 2.45) is 0 Å². The summed E-state index contributed by atoms with van der Waals surface area (Å²) in [7, 11) is 0. The van der Waals surface area contributed by atoms with Gasteiger partial charge in [0.15, 0.2) is 0 Å². The molecule has 1 fully saturated rings. The molecule has 0 radical (unpaired) electrons. The average Bonchev–Trinajstić information content (AvgIpc) is 2.98. The molecule has 2 heterocycles. The van der Waals surface area contributed by atoms with Gasteiger partial charge in [0.25, 0.3) is 5.91 Å². The molecule has 0 bridgehead atoms. The zero-order valence-electron chi connectivity index (χ0n) is 13.7. The Morgan fingerprint density at radius 2 is 2.00 bits per heavy atom. The largest absolute Gasteiger partial charge is 0.348 e. The van der Waals surface area contributed by atoms with Gasteiger partial charge >= 0.3 is 0 Å². The van der Waals surface area contributed by atoms with Crippen molar-refractivity contribution >= 4 is 17.2 Å². The smallest absolute Gasteiger partial charge is 0.263 e. The molecular weight excluding hydrogens is 306 g/mol. The molecule has 1 aliphatic rings. The normalized spacial score (nSPS) is 16.4. The minimum absolute atomic E-state index is 0.0251. The summed E-state index contributed by atoms with van der Waals surface area (Å²) in [5, 5.41) is 4.10. The molecule has 23 heavy (non-hydrogen) atoms. The van der Waals surface area contributed by atoms with Gasteiger partial charge in [-0.1, -0.05) is 37.3 Å². The molecule has 1 saturated heterocycles. The second-order valence-corrected chi connectivity index (χ2v) is 6.98. The van der Waals surface area contributed by atoms with E-state index in [2.05, 4.69) is 22.1 Å². The standard InChI is InChI=1S/C18H23N3OS/c1-3-21-11-9-15(10-12-21)20-17(22)16-13(2)19-18(23-16)14-7-5-4-6-8-14/h4-8,15H,3,9-12H2,1-2H3,(H,20,22). The van der Waals surface area contributed by atoms with Crippen molar-refractivity contribution in [2.75, 3.05) is 19.6 Å². The highest BCUT2D eigenvalue weighted by atomic mass is 32.1. The first-order chi connectivity index (χ1) is 11.2. The Kier molecular flexibility index (Phi) is 5.08. The maximum atomic E-state index is 12.6. The van der Waals surface area contributed by atoms with E-state index >= 15 is 0 Å². The summed E-state index contributed by atoms with van der Waals surface area (Å²) in [5.41, 5.74) is 1.88. The molecular formula is C18H23N3OS. The van der Waals surface area contributed by atoms with Crippen molar-refractivity contribution < 1.29 is 4.79 Å². The first-order valence-corrected chi connectivity index (χ1v) is 9.05. The fourth-order valence-corrected chi connectivity index (χ4v) is 3.93. The third-order valence-electron chi connectivity index (χ3n) is 4.39. The van der Waals surface area contributed by atoms with Crippen molar-refractivity contribution in [1.82, 2.24) is 15.2 Å². The second kappa shape index (κ2) is 7.23. The van der Waals surface area contributed by atoms with E-state index in [9.17, 15) is 4.79 Å². The van der Waals surface area contributed by atoms with Crippen molar-refractivity contribution in [1.29, 1.82) is 0 Å². The van der Waals surface area contributed by atoms with Gasteiger partial charge in [0.1, 0.15) is 9.88 Å². The number of rotatable bonds is 4. The van der Waals surface area contributed by atoms with Gasteiger partial charge in [-0.25, -0.2) is 4.98 Å². The van der Waals surface area contributed by atoms with Crippen molar-refractivity contribution in [3.05, 3.63) is 40.9 Å².